The molecule has 0 saturated carbocycles. The minimum Gasteiger partial charge on any atom is -0.493 e. The van der Waals surface area contributed by atoms with E-state index in [1.54, 1.807) is 42.7 Å². The Balaban J connectivity index is 1.56. The molecule has 2 N–H and O–H groups in total. The van der Waals surface area contributed by atoms with Crippen LogP contribution in [0, 0.1) is 11.6 Å². The van der Waals surface area contributed by atoms with Crippen LogP contribution in [0.25, 0.3) is 0 Å². The van der Waals surface area contributed by atoms with Crippen LogP contribution in [0.3, 0.4) is 0 Å². The molecule has 0 unspecified atom stereocenters. The first-order chi connectivity index (χ1) is 15.8. The molecular weight excluding hydrogens is 456 g/mol. The number of nitrogens with zero attached hydrogens (tertiary/aromatic N) is 1. The highest BCUT2D eigenvalue weighted by Crippen LogP contribution is 2.31. The third kappa shape index (κ3) is 6.70. The molecule has 174 valence electrons. The van der Waals surface area contributed by atoms with Crippen LogP contribution >= 0.6 is 0 Å². The zero-order valence-corrected chi connectivity index (χ0v) is 18.4. The Kier molecular flexibility index (Phi) is 7.91. The molecule has 33 heavy (non-hydrogen) atoms. The number of amides is 1. The van der Waals surface area contributed by atoms with Crippen molar-refractivity contribution in [2.75, 3.05) is 19.0 Å². The Labute approximate surface area is 189 Å². The molecule has 0 aliphatic heterocycles. The van der Waals surface area contributed by atoms with Crippen LogP contribution in [0.15, 0.2) is 65.8 Å². The van der Waals surface area contributed by atoms with E-state index in [9.17, 15) is 22.0 Å². The number of hydrogen-bond acceptors (Lipinski definition) is 6. The number of benzene rings is 2. The highest BCUT2D eigenvalue weighted by Gasteiger charge is 2.17. The van der Waals surface area contributed by atoms with Gasteiger partial charge in [-0.25, -0.2) is 21.9 Å². The van der Waals surface area contributed by atoms with Gasteiger partial charge >= 0.3 is 0 Å². The summed E-state index contributed by atoms with van der Waals surface area (Å²) < 4.78 is 63.9. The maximum absolute atomic E-state index is 13.3. The smallest absolute Gasteiger partial charge is 0.240 e. The van der Waals surface area contributed by atoms with Gasteiger partial charge in [0.05, 0.1) is 12.0 Å². The lowest BCUT2D eigenvalue weighted by Crippen LogP contribution is -2.28. The summed E-state index contributed by atoms with van der Waals surface area (Å²) in [6.07, 6.45) is 3.10. The molecule has 2 aromatic carbocycles. The quantitative estimate of drug-likeness (QED) is 0.464. The Morgan fingerprint density at radius 3 is 2.45 bits per heavy atom. The molecule has 0 spiro atoms. The normalized spacial score (nSPS) is 11.1. The van der Waals surface area contributed by atoms with Crippen molar-refractivity contribution in [2.45, 2.75) is 17.9 Å². The van der Waals surface area contributed by atoms with Crippen molar-refractivity contribution in [3.05, 3.63) is 78.1 Å². The number of ether oxygens (including phenoxy) is 2. The molecule has 3 aromatic rings. The second kappa shape index (κ2) is 10.8. The molecule has 1 aromatic heterocycles. The molecule has 0 aliphatic carbocycles. The Bertz CT molecular complexity index is 1220. The van der Waals surface area contributed by atoms with Crippen LogP contribution in [0.2, 0.25) is 0 Å². The number of methoxy groups -OCH3 is 1. The zero-order valence-electron chi connectivity index (χ0n) is 17.5. The Hall–Kier alpha value is -3.57. The summed E-state index contributed by atoms with van der Waals surface area (Å²) in [6.45, 7) is 0.0246. The maximum Gasteiger partial charge on any atom is 0.240 e. The second-order valence-corrected chi connectivity index (χ2v) is 8.55. The molecule has 1 amide bonds. The summed E-state index contributed by atoms with van der Waals surface area (Å²) in [5.74, 6) is -2.02. The van der Waals surface area contributed by atoms with Gasteiger partial charge in [-0.05, 0) is 48.0 Å². The minimum absolute atomic E-state index is 0.192. The fraction of sp³-hybridized carbons (Fsp3) is 0.182. The van der Waals surface area contributed by atoms with Gasteiger partial charge in [0.2, 0.25) is 15.9 Å². The summed E-state index contributed by atoms with van der Waals surface area (Å²) in [7, 11) is -2.60. The third-order valence-corrected chi connectivity index (χ3v) is 5.90. The lowest BCUT2D eigenvalue weighted by atomic mass is 10.2. The summed E-state index contributed by atoms with van der Waals surface area (Å²) in [4.78, 5) is 15.7. The molecule has 0 saturated heterocycles. The molecule has 0 radical (unpaired) electrons. The van der Waals surface area contributed by atoms with E-state index in [4.69, 9.17) is 9.47 Å². The SMILES string of the molecule is COc1ccc(NC(=O)CCNS(=O)(=O)c2ccc(F)c(F)c2)cc1OCc1ccncc1. The van der Waals surface area contributed by atoms with E-state index in [2.05, 4.69) is 15.0 Å². The van der Waals surface area contributed by atoms with Crippen LogP contribution in [0.5, 0.6) is 11.5 Å². The van der Waals surface area contributed by atoms with Crippen molar-refractivity contribution in [3.8, 4) is 11.5 Å². The monoisotopic (exact) mass is 477 g/mol. The number of hydrogen-bond donors (Lipinski definition) is 2. The van der Waals surface area contributed by atoms with Gasteiger partial charge in [0, 0.05) is 37.1 Å². The number of anilines is 1. The predicted octanol–water partition coefficient (Wildman–Crippen LogP) is 3.25. The van der Waals surface area contributed by atoms with Crippen molar-refractivity contribution >= 4 is 21.6 Å². The molecular formula is C22H21F2N3O5S. The van der Waals surface area contributed by atoms with Gasteiger partial charge < -0.3 is 14.8 Å². The van der Waals surface area contributed by atoms with Gasteiger partial charge in [-0.3, -0.25) is 9.78 Å². The van der Waals surface area contributed by atoms with Crippen LogP contribution in [-0.4, -0.2) is 33.0 Å². The number of rotatable bonds is 10. The molecule has 11 heteroatoms. The number of carbonyl (C=O) groups excluding carboxylic acids is 1. The lowest BCUT2D eigenvalue weighted by molar-refractivity contribution is -0.116. The van der Waals surface area contributed by atoms with Crippen molar-refractivity contribution in [2.24, 2.45) is 0 Å². The predicted molar refractivity (Wildman–Crippen MR) is 116 cm³/mol. The van der Waals surface area contributed by atoms with E-state index in [1.165, 1.54) is 7.11 Å². The highest BCUT2D eigenvalue weighted by molar-refractivity contribution is 7.89. The van der Waals surface area contributed by atoms with Crippen molar-refractivity contribution in [3.63, 3.8) is 0 Å². The number of halogens is 2. The van der Waals surface area contributed by atoms with E-state index in [-0.39, 0.29) is 19.6 Å². The van der Waals surface area contributed by atoms with E-state index < -0.39 is 32.5 Å². The first-order valence-electron chi connectivity index (χ1n) is 9.73. The number of nitrogens with one attached hydrogen (secondary N) is 2. The number of aromatic nitrogens is 1. The molecule has 0 atom stereocenters. The minimum atomic E-state index is -4.10. The van der Waals surface area contributed by atoms with Crippen molar-refractivity contribution < 1.29 is 31.5 Å². The standard InChI is InChI=1S/C22H21F2N3O5S/c1-31-20-5-2-16(12-21(20)32-14-15-6-9-25-10-7-15)27-22(28)8-11-26-33(29,30)17-3-4-18(23)19(24)13-17/h2-7,9-10,12-13,26H,8,11,14H2,1H3,(H,27,28). The lowest BCUT2D eigenvalue weighted by Gasteiger charge is -2.13. The topological polar surface area (TPSA) is 107 Å². The van der Waals surface area contributed by atoms with Crippen LogP contribution in [0.1, 0.15) is 12.0 Å². The molecule has 1 heterocycles. The molecule has 3 rings (SSSR count). The fourth-order valence-electron chi connectivity index (χ4n) is 2.76. The number of carbonyl (C=O) groups is 1. The maximum atomic E-state index is 13.3. The first kappa shape index (κ1) is 24.1. The number of sulfonamides is 1. The van der Waals surface area contributed by atoms with Gasteiger partial charge in [0.1, 0.15) is 6.61 Å². The highest BCUT2D eigenvalue weighted by atomic mass is 32.2. The summed E-state index contributed by atoms with van der Waals surface area (Å²) >= 11 is 0. The third-order valence-electron chi connectivity index (χ3n) is 4.44. The van der Waals surface area contributed by atoms with Crippen LogP contribution in [0.4, 0.5) is 14.5 Å². The van der Waals surface area contributed by atoms with Gasteiger partial charge in [-0.15, -0.1) is 0 Å². The van der Waals surface area contributed by atoms with Crippen molar-refractivity contribution in [1.29, 1.82) is 0 Å². The Morgan fingerprint density at radius 2 is 1.76 bits per heavy atom. The van der Waals surface area contributed by atoms with Crippen molar-refractivity contribution in [1.82, 2.24) is 9.71 Å². The van der Waals surface area contributed by atoms with E-state index in [0.717, 1.165) is 11.6 Å². The largest absolute Gasteiger partial charge is 0.493 e. The molecule has 0 fully saturated rings. The van der Waals surface area contributed by atoms with E-state index in [1.807, 2.05) is 0 Å². The van der Waals surface area contributed by atoms with Gasteiger partial charge in [0.15, 0.2) is 23.1 Å². The molecule has 8 nitrogen and oxygen atoms in total. The summed E-state index contributed by atoms with van der Waals surface area (Å²) in [5, 5.41) is 2.65. The van der Waals surface area contributed by atoms with Crippen LogP contribution < -0.4 is 19.5 Å². The Morgan fingerprint density at radius 1 is 1.00 bits per heavy atom. The second-order valence-electron chi connectivity index (χ2n) is 6.78. The van der Waals surface area contributed by atoms with Gasteiger partial charge in [-0.2, -0.15) is 0 Å². The molecule has 0 aliphatic rings. The van der Waals surface area contributed by atoms with E-state index >= 15 is 0 Å². The summed E-state index contributed by atoms with van der Waals surface area (Å²) in [6, 6.07) is 10.7. The average Bonchev–Trinajstić information content (AvgIpc) is 2.80. The van der Waals surface area contributed by atoms with E-state index in [0.29, 0.717) is 29.3 Å². The number of pyridine rings is 1. The van der Waals surface area contributed by atoms with Gasteiger partial charge in [0.25, 0.3) is 0 Å². The zero-order chi connectivity index (χ0) is 23.8. The van der Waals surface area contributed by atoms with Crippen LogP contribution in [-0.2, 0) is 21.4 Å². The average molecular weight is 477 g/mol. The molecule has 0 bridgehead atoms. The van der Waals surface area contributed by atoms with Gasteiger partial charge in [-0.1, -0.05) is 0 Å². The first-order valence-corrected chi connectivity index (χ1v) is 11.2. The fourth-order valence-corrected chi connectivity index (χ4v) is 3.80. The summed E-state index contributed by atoms with van der Waals surface area (Å²) in [5.41, 5.74) is 1.32.